The van der Waals surface area contributed by atoms with Crippen molar-refractivity contribution in [2.75, 3.05) is 13.1 Å². The third-order valence-electron chi connectivity index (χ3n) is 4.56. The van der Waals surface area contributed by atoms with Crippen molar-refractivity contribution in [3.8, 4) is 11.4 Å². The maximum absolute atomic E-state index is 13.7. The predicted molar refractivity (Wildman–Crippen MR) is 98.4 cm³/mol. The fourth-order valence-electron chi connectivity index (χ4n) is 2.93. The maximum Gasteiger partial charge on any atom is 0.249 e. The van der Waals surface area contributed by atoms with E-state index >= 15 is 0 Å². The smallest absolute Gasteiger partial charge is 0.249 e. The summed E-state index contributed by atoms with van der Waals surface area (Å²) in [5, 5.41) is 10.1. The first-order chi connectivity index (χ1) is 12.0. The Bertz CT molecular complexity index is 747. The summed E-state index contributed by atoms with van der Waals surface area (Å²) in [4.78, 5) is 16.3. The first-order valence-corrected chi connectivity index (χ1v) is 8.63. The highest BCUT2D eigenvalue weighted by Gasteiger charge is 2.20. The molecule has 6 nitrogen and oxygen atoms in total. The van der Waals surface area contributed by atoms with Crippen LogP contribution in [0.3, 0.4) is 0 Å². The fraction of sp³-hybridized carbons (Fsp3) is 0.500. The average molecular weight is 383 g/mol. The lowest BCUT2D eigenvalue weighted by Crippen LogP contribution is -2.27. The highest BCUT2D eigenvalue weighted by atomic mass is 35.5. The number of amides is 1. The van der Waals surface area contributed by atoms with Gasteiger partial charge in [-0.15, -0.1) is 12.4 Å². The Labute approximate surface area is 158 Å². The summed E-state index contributed by atoms with van der Waals surface area (Å²) in [5.41, 5.74) is 1.11. The zero-order chi connectivity index (χ0) is 17.8. The molecule has 1 aliphatic rings. The molecule has 1 fully saturated rings. The second kappa shape index (κ2) is 9.09. The molecule has 1 amide bonds. The Balaban J connectivity index is 0.00000243. The molecule has 1 aromatic heterocycles. The minimum Gasteiger partial charge on any atom is -0.345 e. The maximum atomic E-state index is 13.7. The molecule has 26 heavy (non-hydrogen) atoms. The van der Waals surface area contributed by atoms with Crippen molar-refractivity contribution in [3.05, 3.63) is 35.5 Å². The Hall–Kier alpha value is -1.99. The van der Waals surface area contributed by atoms with Gasteiger partial charge in [-0.05, 0) is 57.3 Å². The number of hydrogen-bond donors (Lipinski definition) is 2. The van der Waals surface area contributed by atoms with Crippen molar-refractivity contribution in [1.29, 1.82) is 0 Å². The first-order valence-electron chi connectivity index (χ1n) is 8.63. The largest absolute Gasteiger partial charge is 0.345 e. The number of hydrogen-bond acceptors (Lipinski definition) is 5. The number of nitrogens with zero attached hydrogens (tertiary/aromatic N) is 2. The summed E-state index contributed by atoms with van der Waals surface area (Å²) in [5.74, 6) is 0.860. The lowest BCUT2D eigenvalue weighted by molar-refractivity contribution is -0.122. The Morgan fingerprint density at radius 3 is 3.00 bits per heavy atom. The molecule has 2 N–H and O–H groups in total. The monoisotopic (exact) mass is 382 g/mol. The van der Waals surface area contributed by atoms with Crippen molar-refractivity contribution in [2.24, 2.45) is 5.92 Å². The number of carbonyl (C=O) groups excluding carboxylic acids is 1. The summed E-state index contributed by atoms with van der Waals surface area (Å²) < 4.78 is 18.9. The van der Waals surface area contributed by atoms with E-state index in [-0.39, 0.29) is 30.2 Å². The van der Waals surface area contributed by atoms with Gasteiger partial charge in [0.15, 0.2) is 0 Å². The fourth-order valence-corrected chi connectivity index (χ4v) is 2.93. The molecule has 2 heterocycles. The van der Waals surface area contributed by atoms with Crippen molar-refractivity contribution in [1.82, 2.24) is 20.8 Å². The molecule has 0 radical (unpaired) electrons. The number of rotatable bonds is 6. The number of halogens is 2. The SMILES string of the molecule is Cc1ccc(-c2noc(C(C)NC(=O)CCC3CCNC3)n2)cc1F.Cl. The van der Waals surface area contributed by atoms with Crippen LogP contribution in [0.5, 0.6) is 0 Å². The van der Waals surface area contributed by atoms with E-state index in [4.69, 9.17) is 4.52 Å². The molecule has 1 aliphatic heterocycles. The van der Waals surface area contributed by atoms with Crippen molar-refractivity contribution in [2.45, 2.75) is 39.2 Å². The molecule has 142 valence electrons. The van der Waals surface area contributed by atoms with E-state index in [9.17, 15) is 9.18 Å². The van der Waals surface area contributed by atoms with Gasteiger partial charge in [0.05, 0.1) is 0 Å². The van der Waals surface area contributed by atoms with E-state index in [0.717, 1.165) is 25.9 Å². The number of benzene rings is 1. The van der Waals surface area contributed by atoms with Gasteiger partial charge in [-0.3, -0.25) is 4.79 Å². The number of nitrogens with one attached hydrogen (secondary N) is 2. The van der Waals surface area contributed by atoms with Crippen LogP contribution in [-0.2, 0) is 4.79 Å². The van der Waals surface area contributed by atoms with E-state index in [1.165, 1.54) is 6.07 Å². The topological polar surface area (TPSA) is 80.0 Å². The van der Waals surface area contributed by atoms with Gasteiger partial charge in [0, 0.05) is 12.0 Å². The zero-order valence-corrected chi connectivity index (χ0v) is 15.7. The van der Waals surface area contributed by atoms with E-state index < -0.39 is 0 Å². The summed E-state index contributed by atoms with van der Waals surface area (Å²) in [6.45, 7) is 5.51. The molecule has 2 atom stereocenters. The number of carbonyl (C=O) groups is 1. The standard InChI is InChI=1S/C18H23FN4O2.ClH/c1-11-3-5-14(9-15(11)19)17-22-18(25-23-17)12(2)21-16(24)6-4-13-7-8-20-10-13;/h3,5,9,12-13,20H,4,6-8,10H2,1-2H3,(H,21,24);1H. The van der Waals surface area contributed by atoms with E-state index in [0.29, 0.717) is 35.2 Å². The van der Waals surface area contributed by atoms with Crippen LogP contribution in [0.1, 0.15) is 43.7 Å². The van der Waals surface area contributed by atoms with E-state index in [1.807, 2.05) is 0 Å². The molecular formula is C18H24ClFN4O2. The van der Waals surface area contributed by atoms with Gasteiger partial charge in [0.2, 0.25) is 17.6 Å². The van der Waals surface area contributed by atoms with Crippen molar-refractivity contribution >= 4 is 18.3 Å². The van der Waals surface area contributed by atoms with Gasteiger partial charge in [-0.2, -0.15) is 4.98 Å². The normalized spacial score (nSPS) is 17.6. The molecule has 8 heteroatoms. The molecule has 0 aliphatic carbocycles. The Kier molecular flexibility index (Phi) is 7.11. The first kappa shape index (κ1) is 20.3. The van der Waals surface area contributed by atoms with Crippen LogP contribution in [0.2, 0.25) is 0 Å². The van der Waals surface area contributed by atoms with Crippen LogP contribution in [0.4, 0.5) is 4.39 Å². The van der Waals surface area contributed by atoms with Crippen LogP contribution in [0.15, 0.2) is 22.7 Å². The molecule has 1 saturated heterocycles. The minimum atomic E-state index is -0.384. The lowest BCUT2D eigenvalue weighted by Gasteiger charge is -2.11. The molecule has 1 aromatic carbocycles. The van der Waals surface area contributed by atoms with Crippen LogP contribution in [0, 0.1) is 18.7 Å². The summed E-state index contributed by atoms with van der Waals surface area (Å²) >= 11 is 0. The third-order valence-corrected chi connectivity index (χ3v) is 4.56. The van der Waals surface area contributed by atoms with E-state index in [1.54, 1.807) is 26.0 Å². The average Bonchev–Trinajstić information content (AvgIpc) is 3.27. The van der Waals surface area contributed by atoms with Gasteiger partial charge >= 0.3 is 0 Å². The minimum absolute atomic E-state index is 0. The molecule has 0 spiro atoms. The van der Waals surface area contributed by atoms with Crippen LogP contribution < -0.4 is 10.6 Å². The van der Waals surface area contributed by atoms with Gasteiger partial charge in [-0.25, -0.2) is 4.39 Å². The number of aryl methyl sites for hydroxylation is 1. The van der Waals surface area contributed by atoms with Gasteiger partial charge in [0.25, 0.3) is 0 Å². The second-order valence-electron chi connectivity index (χ2n) is 6.61. The summed E-state index contributed by atoms with van der Waals surface area (Å²) in [6.07, 6.45) is 2.49. The zero-order valence-electron chi connectivity index (χ0n) is 14.9. The number of aromatic nitrogens is 2. The third kappa shape index (κ3) is 5.02. The summed E-state index contributed by atoms with van der Waals surface area (Å²) in [7, 11) is 0. The second-order valence-corrected chi connectivity index (χ2v) is 6.61. The van der Waals surface area contributed by atoms with Gasteiger partial charge in [0.1, 0.15) is 11.9 Å². The summed E-state index contributed by atoms with van der Waals surface area (Å²) in [6, 6.07) is 4.41. The van der Waals surface area contributed by atoms with Crippen LogP contribution >= 0.6 is 12.4 Å². The van der Waals surface area contributed by atoms with Crippen LogP contribution in [-0.4, -0.2) is 29.1 Å². The molecule has 2 aromatic rings. The lowest BCUT2D eigenvalue weighted by atomic mass is 10.0. The Morgan fingerprint density at radius 2 is 2.31 bits per heavy atom. The predicted octanol–water partition coefficient (Wildman–Crippen LogP) is 3.17. The van der Waals surface area contributed by atoms with Crippen molar-refractivity contribution < 1.29 is 13.7 Å². The molecular weight excluding hydrogens is 359 g/mol. The van der Waals surface area contributed by atoms with Gasteiger partial charge in [-0.1, -0.05) is 17.3 Å². The highest BCUT2D eigenvalue weighted by molar-refractivity contribution is 5.85. The highest BCUT2D eigenvalue weighted by Crippen LogP contribution is 2.21. The molecule has 3 rings (SSSR count). The molecule has 0 bridgehead atoms. The van der Waals surface area contributed by atoms with Crippen molar-refractivity contribution in [3.63, 3.8) is 0 Å². The molecule has 2 unspecified atom stereocenters. The van der Waals surface area contributed by atoms with Gasteiger partial charge < -0.3 is 15.2 Å². The van der Waals surface area contributed by atoms with Crippen LogP contribution in [0.25, 0.3) is 11.4 Å². The molecule has 0 saturated carbocycles. The Morgan fingerprint density at radius 1 is 1.50 bits per heavy atom. The quantitative estimate of drug-likeness (QED) is 0.802. The van der Waals surface area contributed by atoms with E-state index in [2.05, 4.69) is 20.8 Å².